The van der Waals surface area contributed by atoms with Crippen LogP contribution in [0.2, 0.25) is 0 Å². The van der Waals surface area contributed by atoms with E-state index in [4.69, 9.17) is 9.05 Å². The molecular formula is C11H24NO4P. The van der Waals surface area contributed by atoms with Crippen molar-refractivity contribution >= 4 is 13.5 Å². The van der Waals surface area contributed by atoms with Gasteiger partial charge in [0, 0.05) is 13.0 Å². The largest absolute Gasteiger partial charge is 0.353 e. The Labute approximate surface area is 104 Å². The molecular weight excluding hydrogens is 241 g/mol. The SMILES string of the molecule is CCOP(=O)(C[C@@H](NC(C)=O)C(C)C)OCC. The van der Waals surface area contributed by atoms with E-state index < -0.39 is 7.60 Å². The molecule has 0 unspecified atom stereocenters. The summed E-state index contributed by atoms with van der Waals surface area (Å²) in [5.74, 6) is 0.0383. The lowest BCUT2D eigenvalue weighted by atomic mass is 10.1. The molecule has 0 rings (SSSR count). The van der Waals surface area contributed by atoms with Crippen LogP contribution in [0.5, 0.6) is 0 Å². The molecule has 1 amide bonds. The van der Waals surface area contributed by atoms with Crippen molar-refractivity contribution in [1.29, 1.82) is 0 Å². The van der Waals surface area contributed by atoms with Gasteiger partial charge in [-0.2, -0.15) is 0 Å². The van der Waals surface area contributed by atoms with Crippen LogP contribution in [-0.4, -0.2) is 31.3 Å². The first kappa shape index (κ1) is 16.6. The molecule has 0 aromatic heterocycles. The van der Waals surface area contributed by atoms with Crippen LogP contribution in [0.4, 0.5) is 0 Å². The Morgan fingerprint density at radius 2 is 1.71 bits per heavy atom. The van der Waals surface area contributed by atoms with E-state index in [0.29, 0.717) is 13.2 Å². The minimum Gasteiger partial charge on any atom is -0.353 e. The zero-order valence-corrected chi connectivity index (χ0v) is 12.3. The summed E-state index contributed by atoms with van der Waals surface area (Å²) in [5, 5.41) is 2.78. The summed E-state index contributed by atoms with van der Waals surface area (Å²) < 4.78 is 22.7. The van der Waals surface area contributed by atoms with Crippen LogP contribution in [0, 0.1) is 5.92 Å². The maximum Gasteiger partial charge on any atom is 0.332 e. The molecule has 17 heavy (non-hydrogen) atoms. The molecule has 5 nitrogen and oxygen atoms in total. The fraction of sp³-hybridized carbons (Fsp3) is 0.909. The summed E-state index contributed by atoms with van der Waals surface area (Å²) in [6, 6.07) is -0.198. The van der Waals surface area contributed by atoms with Gasteiger partial charge in [0.15, 0.2) is 0 Å². The zero-order chi connectivity index (χ0) is 13.5. The number of nitrogens with one attached hydrogen (secondary N) is 1. The molecule has 0 saturated heterocycles. The van der Waals surface area contributed by atoms with E-state index in [1.807, 2.05) is 13.8 Å². The van der Waals surface area contributed by atoms with Crippen molar-refractivity contribution in [2.75, 3.05) is 19.4 Å². The summed E-state index contributed by atoms with van der Waals surface area (Å²) in [7, 11) is -3.10. The average molecular weight is 265 g/mol. The second-order valence-corrected chi connectivity index (χ2v) is 6.28. The van der Waals surface area contributed by atoms with Gasteiger partial charge in [0.25, 0.3) is 0 Å². The highest BCUT2D eigenvalue weighted by Crippen LogP contribution is 2.49. The van der Waals surface area contributed by atoms with Gasteiger partial charge < -0.3 is 14.4 Å². The fourth-order valence-corrected chi connectivity index (χ4v) is 3.53. The Hall–Kier alpha value is -0.380. The van der Waals surface area contributed by atoms with Gasteiger partial charge in [0.1, 0.15) is 0 Å². The first-order valence-electron chi connectivity index (χ1n) is 5.99. The minimum absolute atomic E-state index is 0.136. The van der Waals surface area contributed by atoms with Gasteiger partial charge >= 0.3 is 7.60 Å². The van der Waals surface area contributed by atoms with Crippen LogP contribution in [0.15, 0.2) is 0 Å². The lowest BCUT2D eigenvalue weighted by Gasteiger charge is -2.26. The topological polar surface area (TPSA) is 64.6 Å². The molecule has 0 fully saturated rings. The maximum atomic E-state index is 12.3. The van der Waals surface area contributed by atoms with E-state index >= 15 is 0 Å². The van der Waals surface area contributed by atoms with Gasteiger partial charge in [-0.1, -0.05) is 13.8 Å². The average Bonchev–Trinajstić information content (AvgIpc) is 2.16. The number of amides is 1. The third-order valence-electron chi connectivity index (χ3n) is 2.27. The molecule has 0 aliphatic rings. The molecule has 0 bridgehead atoms. The van der Waals surface area contributed by atoms with Crippen LogP contribution in [0.1, 0.15) is 34.6 Å². The van der Waals surface area contributed by atoms with Gasteiger partial charge in [-0.3, -0.25) is 9.36 Å². The van der Waals surface area contributed by atoms with Crippen LogP contribution in [0.3, 0.4) is 0 Å². The summed E-state index contributed by atoms with van der Waals surface area (Å²) in [4.78, 5) is 11.1. The summed E-state index contributed by atoms with van der Waals surface area (Å²) in [5.41, 5.74) is 0. The molecule has 0 saturated carbocycles. The molecule has 1 atom stereocenters. The van der Waals surface area contributed by atoms with Crippen molar-refractivity contribution in [2.24, 2.45) is 5.92 Å². The number of hydrogen-bond acceptors (Lipinski definition) is 4. The van der Waals surface area contributed by atoms with Crippen molar-refractivity contribution < 1.29 is 18.4 Å². The fourth-order valence-electron chi connectivity index (χ4n) is 1.46. The molecule has 0 radical (unpaired) electrons. The van der Waals surface area contributed by atoms with E-state index in [1.54, 1.807) is 13.8 Å². The highest BCUT2D eigenvalue weighted by Gasteiger charge is 2.30. The number of carbonyl (C=O) groups is 1. The predicted octanol–water partition coefficient (Wildman–Crippen LogP) is 2.41. The Morgan fingerprint density at radius 1 is 1.24 bits per heavy atom. The molecule has 0 aliphatic heterocycles. The van der Waals surface area contributed by atoms with E-state index in [1.165, 1.54) is 6.92 Å². The number of rotatable bonds is 8. The zero-order valence-electron chi connectivity index (χ0n) is 11.4. The van der Waals surface area contributed by atoms with Crippen molar-refractivity contribution in [3.05, 3.63) is 0 Å². The standard InChI is InChI=1S/C11H24NO4P/c1-6-15-17(14,16-7-2)8-11(9(3)4)12-10(5)13/h9,11H,6-8H2,1-5H3,(H,12,13)/t11-/m1/s1. The van der Waals surface area contributed by atoms with Gasteiger partial charge in [-0.15, -0.1) is 0 Å². The molecule has 6 heteroatoms. The predicted molar refractivity (Wildman–Crippen MR) is 68.2 cm³/mol. The van der Waals surface area contributed by atoms with Gasteiger partial charge in [-0.05, 0) is 19.8 Å². The second-order valence-electron chi connectivity index (χ2n) is 4.18. The highest BCUT2D eigenvalue weighted by atomic mass is 31.2. The first-order chi connectivity index (χ1) is 7.84. The van der Waals surface area contributed by atoms with Gasteiger partial charge in [0.2, 0.25) is 5.91 Å². The maximum absolute atomic E-state index is 12.3. The van der Waals surface area contributed by atoms with E-state index in [9.17, 15) is 9.36 Å². The van der Waals surface area contributed by atoms with E-state index in [2.05, 4.69) is 5.32 Å². The molecule has 0 aromatic rings. The monoisotopic (exact) mass is 265 g/mol. The Balaban J connectivity index is 4.67. The lowest BCUT2D eigenvalue weighted by molar-refractivity contribution is -0.119. The van der Waals surface area contributed by atoms with Crippen molar-refractivity contribution in [3.63, 3.8) is 0 Å². The quantitative estimate of drug-likeness (QED) is 0.684. The molecule has 0 aromatic carbocycles. The summed E-state index contributed by atoms with van der Waals surface area (Å²) in [6.45, 7) is 9.58. The Bertz CT molecular complexity index is 271. The highest BCUT2D eigenvalue weighted by molar-refractivity contribution is 7.53. The number of carbonyl (C=O) groups excluding carboxylic acids is 1. The molecule has 0 spiro atoms. The van der Waals surface area contributed by atoms with Crippen LogP contribution < -0.4 is 5.32 Å². The molecule has 102 valence electrons. The second kappa shape index (κ2) is 7.85. The Kier molecular flexibility index (Phi) is 7.68. The molecule has 0 aliphatic carbocycles. The van der Waals surface area contributed by atoms with Gasteiger partial charge in [-0.25, -0.2) is 0 Å². The van der Waals surface area contributed by atoms with E-state index in [-0.39, 0.29) is 24.0 Å². The van der Waals surface area contributed by atoms with Crippen LogP contribution in [0.25, 0.3) is 0 Å². The van der Waals surface area contributed by atoms with Gasteiger partial charge in [0.05, 0.1) is 19.4 Å². The lowest BCUT2D eigenvalue weighted by Crippen LogP contribution is -2.40. The third kappa shape index (κ3) is 6.81. The van der Waals surface area contributed by atoms with Crippen molar-refractivity contribution in [3.8, 4) is 0 Å². The summed E-state index contributed by atoms with van der Waals surface area (Å²) in [6.07, 6.45) is 0.214. The van der Waals surface area contributed by atoms with Crippen LogP contribution in [-0.2, 0) is 18.4 Å². The van der Waals surface area contributed by atoms with Crippen LogP contribution >= 0.6 is 7.60 Å². The summed E-state index contributed by atoms with van der Waals surface area (Å²) >= 11 is 0. The molecule has 1 N–H and O–H groups in total. The Morgan fingerprint density at radius 3 is 2.00 bits per heavy atom. The smallest absolute Gasteiger partial charge is 0.332 e. The molecule has 0 heterocycles. The van der Waals surface area contributed by atoms with Crippen molar-refractivity contribution in [1.82, 2.24) is 5.32 Å². The minimum atomic E-state index is -3.10. The number of hydrogen-bond donors (Lipinski definition) is 1. The van der Waals surface area contributed by atoms with Crippen molar-refractivity contribution in [2.45, 2.75) is 40.7 Å². The third-order valence-corrected chi connectivity index (χ3v) is 4.41. The first-order valence-corrected chi connectivity index (χ1v) is 7.72. The van der Waals surface area contributed by atoms with E-state index in [0.717, 1.165) is 0 Å². The normalized spacial score (nSPS) is 13.8.